The van der Waals surface area contributed by atoms with Crippen LogP contribution in [-0.4, -0.2) is 201 Å². The first-order chi connectivity index (χ1) is 41.2. The molecular formula is C66H100F2N6O13. The standard InChI is InChI=1S/C66H100F2N6O13/c1-14-55-66(10,80)59(76)44(6)73(12)38-40(2)35-64(8,79)61(42(4)58(43(5)62(78)85-55)86-56-36-65(9,81-13)60(77)45(7)84-56)87-63-57(75)54(33-41(3)83-63)72(11)31-27-50-39-74(71-70-50)30-16-32-82-51-24-21-47(22-25-51)49-23-26-52(53(68)34-49)48-19-17-46(18-20-48)37-69-29-15-28-67/h17-26,34,39-45,54-61,63,69,75-77,79-80H,14-16,27-33,35-38H2,1-13H3/t40-,41-,42+,43-,44-,45+,54+,55-,56+,57-,58+,59-,60+,61-,63+,64-,65-,66-/m1/s1. The molecule has 0 saturated carbocycles. The molecule has 19 nitrogen and oxygen atoms in total. The quantitative estimate of drug-likeness (QED) is 0.0330. The van der Waals surface area contributed by atoms with Crippen molar-refractivity contribution >= 4 is 5.97 Å². The molecule has 3 aliphatic heterocycles. The minimum Gasteiger partial charge on any atom is -0.494 e. The number of alkyl halides is 1. The number of hydrogen-bond acceptors (Lipinski definition) is 18. The number of nitrogens with zero attached hydrogens (tertiary/aromatic N) is 5. The van der Waals surface area contributed by atoms with E-state index in [4.69, 9.17) is 33.2 Å². The number of aromatic nitrogens is 3. The molecule has 0 bridgehead atoms. The van der Waals surface area contributed by atoms with Gasteiger partial charge in [0, 0.05) is 82.3 Å². The number of aliphatic hydroxyl groups excluding tert-OH is 3. The number of likely N-dealkylation sites (N-methyl/N-ethyl adjacent to an activating group) is 2. The van der Waals surface area contributed by atoms with Crippen LogP contribution in [0.3, 0.4) is 0 Å². The summed E-state index contributed by atoms with van der Waals surface area (Å²) in [4.78, 5) is 18.5. The second kappa shape index (κ2) is 31.0. The topological polar surface area (TPSA) is 232 Å². The van der Waals surface area contributed by atoms with Gasteiger partial charge in [0.25, 0.3) is 0 Å². The average molecular weight is 1220 g/mol. The molecule has 0 aliphatic carbocycles. The van der Waals surface area contributed by atoms with Gasteiger partial charge in [-0.15, -0.1) is 5.10 Å². The fourth-order valence-corrected chi connectivity index (χ4v) is 13.0. The largest absolute Gasteiger partial charge is 0.494 e. The molecular weight excluding hydrogens is 1120 g/mol. The molecule has 3 saturated heterocycles. The van der Waals surface area contributed by atoms with E-state index in [9.17, 15) is 34.7 Å². The molecule has 4 aromatic rings. The Morgan fingerprint density at radius 2 is 1.57 bits per heavy atom. The number of carbonyl (C=O) groups is 1. The normalized spacial score (nSPS) is 34.3. The van der Waals surface area contributed by atoms with Gasteiger partial charge in [-0.3, -0.25) is 13.9 Å². The molecule has 3 fully saturated rings. The molecule has 3 aromatic carbocycles. The van der Waals surface area contributed by atoms with E-state index < -0.39 is 102 Å². The van der Waals surface area contributed by atoms with Crippen molar-refractivity contribution in [3.8, 4) is 28.0 Å². The summed E-state index contributed by atoms with van der Waals surface area (Å²) in [5.41, 5.74) is 0.152. The maximum absolute atomic E-state index is 15.4. The number of methoxy groups -OCH3 is 1. The van der Waals surface area contributed by atoms with Crippen molar-refractivity contribution in [1.29, 1.82) is 0 Å². The number of aliphatic hydroxyl groups is 5. The van der Waals surface area contributed by atoms with Gasteiger partial charge in [-0.25, -0.2) is 4.39 Å². The SMILES string of the molecule is CC[C@H]1OC(=O)[C@H](C)[C@@H](O[C@H]2C[C@@](C)(OC)[C@@H](O)[C@H](C)O2)[C@H](C)[C@@H](O[C@@H]2O[C@H](C)C[C@H](N(C)CCc3cn(CCCOc4ccc(-c5ccc(-c6ccc(CNCCCF)cc6)c(F)c5)cc4)nn3)[C@H]2O)[C@](C)(O)C[C@@H](C)CN(C)[C@H](C)[C@@H](O)[C@]1(C)O. The number of nitrogens with one attached hydrogen (secondary N) is 1. The zero-order chi connectivity index (χ0) is 63.5. The van der Waals surface area contributed by atoms with Crippen LogP contribution < -0.4 is 10.1 Å². The average Bonchev–Trinajstić information content (AvgIpc) is 1.97. The fraction of sp³-hybridized carbons (Fsp3) is 0.682. The Balaban J connectivity index is 0.983. The molecule has 87 heavy (non-hydrogen) atoms. The molecule has 0 spiro atoms. The van der Waals surface area contributed by atoms with Crippen LogP contribution in [0.1, 0.15) is 119 Å². The zero-order valence-electron chi connectivity index (χ0n) is 53.5. The maximum Gasteiger partial charge on any atom is 0.311 e. The van der Waals surface area contributed by atoms with Crippen molar-refractivity contribution in [3.63, 3.8) is 0 Å². The smallest absolute Gasteiger partial charge is 0.311 e. The Labute approximate surface area is 513 Å². The lowest BCUT2D eigenvalue weighted by molar-refractivity contribution is -0.318. The first-order valence-electron chi connectivity index (χ1n) is 31.2. The van der Waals surface area contributed by atoms with Gasteiger partial charge < -0.3 is 73.8 Å². The van der Waals surface area contributed by atoms with Crippen molar-refractivity contribution in [1.82, 2.24) is 30.1 Å². The van der Waals surface area contributed by atoms with Gasteiger partial charge in [0.15, 0.2) is 12.6 Å². The predicted molar refractivity (Wildman–Crippen MR) is 327 cm³/mol. The molecule has 4 heterocycles. The summed E-state index contributed by atoms with van der Waals surface area (Å²) in [6.07, 6.45) is -5.68. The molecule has 3 aliphatic rings. The van der Waals surface area contributed by atoms with Crippen LogP contribution >= 0.6 is 0 Å². The lowest BCUT2D eigenvalue weighted by Crippen LogP contribution is -2.61. The Hall–Kier alpha value is -4.59. The first-order valence-corrected chi connectivity index (χ1v) is 31.2. The summed E-state index contributed by atoms with van der Waals surface area (Å²) in [5.74, 6) is -2.46. The molecule has 1 aromatic heterocycles. The summed E-state index contributed by atoms with van der Waals surface area (Å²) in [6, 6.07) is 19.5. The lowest BCUT2D eigenvalue weighted by atomic mass is 9.77. The van der Waals surface area contributed by atoms with Crippen LogP contribution in [0.5, 0.6) is 5.75 Å². The van der Waals surface area contributed by atoms with Gasteiger partial charge in [-0.1, -0.05) is 74.5 Å². The van der Waals surface area contributed by atoms with Crippen LogP contribution in [0.25, 0.3) is 22.3 Å². The molecule has 18 atom stereocenters. The van der Waals surface area contributed by atoms with Gasteiger partial charge in [0.1, 0.15) is 41.6 Å². The zero-order valence-corrected chi connectivity index (χ0v) is 53.5. The highest BCUT2D eigenvalue weighted by Gasteiger charge is 2.53. The molecule has 0 unspecified atom stereocenters. The van der Waals surface area contributed by atoms with Gasteiger partial charge in [-0.05, 0) is 141 Å². The number of aryl methyl sites for hydroxylation is 1. The minimum absolute atomic E-state index is 0.0903. The second-order valence-corrected chi connectivity index (χ2v) is 25.7. The monoisotopic (exact) mass is 1220 g/mol. The van der Waals surface area contributed by atoms with E-state index in [2.05, 4.69) is 20.5 Å². The first kappa shape index (κ1) is 69.9. The predicted octanol–water partition coefficient (Wildman–Crippen LogP) is 7.50. The third-order valence-corrected chi connectivity index (χ3v) is 18.5. The number of rotatable bonds is 22. The fourth-order valence-electron chi connectivity index (χ4n) is 13.0. The highest BCUT2D eigenvalue weighted by Crippen LogP contribution is 2.41. The second-order valence-electron chi connectivity index (χ2n) is 25.7. The number of hydrogen-bond donors (Lipinski definition) is 6. The van der Waals surface area contributed by atoms with Crippen molar-refractivity contribution in [2.75, 3.05) is 54.1 Å². The van der Waals surface area contributed by atoms with E-state index in [1.165, 1.54) is 14.0 Å². The highest BCUT2D eigenvalue weighted by molar-refractivity contribution is 5.73. The summed E-state index contributed by atoms with van der Waals surface area (Å²) < 4.78 is 74.1. The van der Waals surface area contributed by atoms with E-state index in [1.54, 1.807) is 58.4 Å². The number of carbonyl (C=O) groups excluding carboxylic acids is 1. The third-order valence-electron chi connectivity index (χ3n) is 18.5. The van der Waals surface area contributed by atoms with Crippen molar-refractivity contribution in [2.24, 2.45) is 17.8 Å². The number of ether oxygens (including phenoxy) is 7. The van der Waals surface area contributed by atoms with Gasteiger partial charge >= 0.3 is 5.97 Å². The van der Waals surface area contributed by atoms with Crippen molar-refractivity contribution in [3.05, 3.63) is 90.0 Å². The Morgan fingerprint density at radius 1 is 0.885 bits per heavy atom. The van der Waals surface area contributed by atoms with Crippen molar-refractivity contribution < 1.29 is 72.3 Å². The minimum atomic E-state index is -1.85. The van der Waals surface area contributed by atoms with Crippen LogP contribution in [0.15, 0.2) is 72.9 Å². The summed E-state index contributed by atoms with van der Waals surface area (Å²) >= 11 is 0. The molecule has 21 heteroatoms. The Kier molecular flexibility index (Phi) is 24.9. The van der Waals surface area contributed by atoms with Crippen LogP contribution in [0, 0.1) is 23.6 Å². The van der Waals surface area contributed by atoms with Crippen LogP contribution in [0.4, 0.5) is 8.78 Å². The summed E-state index contributed by atoms with van der Waals surface area (Å²) in [6.45, 7) is 20.3. The molecule has 0 amide bonds. The molecule has 0 radical (unpaired) electrons. The van der Waals surface area contributed by atoms with Gasteiger partial charge in [0.2, 0.25) is 0 Å². The van der Waals surface area contributed by atoms with Gasteiger partial charge in [-0.2, -0.15) is 0 Å². The van der Waals surface area contributed by atoms with E-state index in [1.807, 2.05) is 101 Å². The Bertz CT molecular complexity index is 2760. The summed E-state index contributed by atoms with van der Waals surface area (Å²) in [7, 11) is 5.27. The summed E-state index contributed by atoms with van der Waals surface area (Å²) in [5, 5.41) is 72.0. The van der Waals surface area contributed by atoms with E-state index >= 15 is 4.39 Å². The molecule has 7 rings (SSSR count). The van der Waals surface area contributed by atoms with Crippen LogP contribution in [0.2, 0.25) is 0 Å². The van der Waals surface area contributed by atoms with Gasteiger partial charge in [0.05, 0.1) is 60.5 Å². The molecule has 486 valence electrons. The number of benzene rings is 3. The number of esters is 1. The highest BCUT2D eigenvalue weighted by atomic mass is 19.1. The van der Waals surface area contributed by atoms with Crippen molar-refractivity contribution in [2.45, 2.75) is 218 Å². The maximum atomic E-state index is 15.4. The number of cyclic esters (lactones) is 1. The third kappa shape index (κ3) is 17.7. The Morgan fingerprint density at radius 3 is 2.24 bits per heavy atom. The van der Waals surface area contributed by atoms with E-state index in [0.29, 0.717) is 76.3 Å². The van der Waals surface area contributed by atoms with E-state index in [-0.39, 0.29) is 43.8 Å². The lowest BCUT2D eigenvalue weighted by Gasteiger charge is -2.49. The molecule has 6 N–H and O–H groups in total. The number of halogens is 2. The van der Waals surface area contributed by atoms with E-state index in [0.717, 1.165) is 27.9 Å². The van der Waals surface area contributed by atoms with Crippen LogP contribution in [-0.2, 0) is 52.7 Å².